The first-order valence-corrected chi connectivity index (χ1v) is 9.99. The van der Waals surface area contributed by atoms with Crippen LogP contribution in [0.5, 0.6) is 23.0 Å². The molecule has 3 rings (SSSR count). The quantitative estimate of drug-likeness (QED) is 0.520. The van der Waals surface area contributed by atoms with E-state index in [1.54, 1.807) is 29.2 Å². The van der Waals surface area contributed by atoms with Gasteiger partial charge in [0, 0.05) is 32.9 Å². The zero-order chi connectivity index (χ0) is 23.4. The van der Waals surface area contributed by atoms with Crippen molar-refractivity contribution in [2.24, 2.45) is 0 Å². The number of amides is 1. The molecule has 0 spiro atoms. The summed E-state index contributed by atoms with van der Waals surface area (Å²) in [5, 5.41) is 0. The van der Waals surface area contributed by atoms with Gasteiger partial charge in [0.1, 0.15) is 0 Å². The van der Waals surface area contributed by atoms with Crippen molar-refractivity contribution in [3.63, 3.8) is 0 Å². The molecule has 1 aliphatic heterocycles. The number of methoxy groups -OCH3 is 2. The van der Waals surface area contributed by atoms with Crippen molar-refractivity contribution < 1.29 is 33.3 Å². The Bertz CT molecular complexity index is 1100. The maximum Gasteiger partial charge on any atom is 0.308 e. The van der Waals surface area contributed by atoms with Crippen molar-refractivity contribution in [2.75, 3.05) is 20.8 Å². The lowest BCUT2D eigenvalue weighted by molar-refractivity contribution is -0.132. The van der Waals surface area contributed by atoms with Crippen LogP contribution in [0.2, 0.25) is 0 Å². The van der Waals surface area contributed by atoms with Gasteiger partial charge < -0.3 is 23.8 Å². The molecule has 0 unspecified atom stereocenters. The summed E-state index contributed by atoms with van der Waals surface area (Å²) in [6.45, 7) is 4.60. The number of ether oxygens (including phenoxy) is 4. The zero-order valence-corrected chi connectivity index (χ0v) is 18.7. The summed E-state index contributed by atoms with van der Waals surface area (Å²) in [5.41, 5.74) is 3.03. The Balaban J connectivity index is 2.17. The molecule has 2 aromatic carbocycles. The standard InChI is InChI=1S/C24H25NO7/c1-14(26)25-9-8-18-12-22(30-5)24(32-16(3)28)13-19(18)20(25)10-17-6-7-21(29-4)23(11-17)31-15(2)27/h6-7,10-13H,8-9H2,1-5H3/b20-10+. The molecule has 8 heteroatoms. The van der Waals surface area contributed by atoms with E-state index in [2.05, 4.69) is 0 Å². The first kappa shape index (κ1) is 22.9. The van der Waals surface area contributed by atoms with Crippen LogP contribution in [0.25, 0.3) is 11.8 Å². The molecule has 32 heavy (non-hydrogen) atoms. The molecule has 1 heterocycles. The smallest absolute Gasteiger partial charge is 0.308 e. The number of carbonyl (C=O) groups excluding carboxylic acids is 3. The number of nitrogens with zero attached hydrogens (tertiary/aromatic N) is 1. The van der Waals surface area contributed by atoms with Gasteiger partial charge in [0.15, 0.2) is 23.0 Å². The summed E-state index contributed by atoms with van der Waals surface area (Å²) in [6.07, 6.45) is 2.43. The van der Waals surface area contributed by atoms with E-state index in [-0.39, 0.29) is 17.4 Å². The van der Waals surface area contributed by atoms with E-state index in [4.69, 9.17) is 18.9 Å². The average molecular weight is 439 g/mol. The van der Waals surface area contributed by atoms with Gasteiger partial charge in [0.2, 0.25) is 5.91 Å². The third-order valence-corrected chi connectivity index (χ3v) is 4.94. The SMILES string of the molecule is COc1ccc(/C=C2\c3cc(OC(C)=O)c(OC)cc3CCN2C(C)=O)cc1OC(C)=O. The molecule has 1 aliphatic rings. The van der Waals surface area contributed by atoms with E-state index in [1.807, 2.05) is 12.1 Å². The molecule has 0 aliphatic carbocycles. The van der Waals surface area contributed by atoms with Crippen LogP contribution in [0.15, 0.2) is 30.3 Å². The number of esters is 2. The van der Waals surface area contributed by atoms with Crippen LogP contribution < -0.4 is 18.9 Å². The highest BCUT2D eigenvalue weighted by atomic mass is 16.6. The molecule has 0 fully saturated rings. The third kappa shape index (κ3) is 4.91. The molecule has 0 aromatic heterocycles. The van der Waals surface area contributed by atoms with Gasteiger partial charge in [-0.3, -0.25) is 14.4 Å². The Morgan fingerprint density at radius 1 is 0.844 bits per heavy atom. The fraction of sp³-hybridized carbons (Fsp3) is 0.292. The van der Waals surface area contributed by atoms with Crippen molar-refractivity contribution in [2.45, 2.75) is 27.2 Å². The van der Waals surface area contributed by atoms with Crippen LogP contribution in [0.4, 0.5) is 0 Å². The van der Waals surface area contributed by atoms with Gasteiger partial charge in [-0.1, -0.05) is 6.07 Å². The van der Waals surface area contributed by atoms with Gasteiger partial charge in [0.25, 0.3) is 0 Å². The summed E-state index contributed by atoms with van der Waals surface area (Å²) >= 11 is 0. The fourth-order valence-corrected chi connectivity index (χ4v) is 3.60. The highest BCUT2D eigenvalue weighted by molar-refractivity contribution is 5.94. The summed E-state index contributed by atoms with van der Waals surface area (Å²) in [4.78, 5) is 37.1. The van der Waals surface area contributed by atoms with Crippen LogP contribution in [-0.4, -0.2) is 43.5 Å². The van der Waals surface area contributed by atoms with E-state index in [9.17, 15) is 14.4 Å². The molecule has 0 atom stereocenters. The average Bonchev–Trinajstić information content (AvgIpc) is 2.72. The normalized spacial score (nSPS) is 13.9. The van der Waals surface area contributed by atoms with Crippen LogP contribution in [0.3, 0.4) is 0 Å². The Hall–Kier alpha value is -3.81. The third-order valence-electron chi connectivity index (χ3n) is 4.94. The molecule has 168 valence electrons. The molecule has 1 amide bonds. The van der Waals surface area contributed by atoms with Gasteiger partial charge in [-0.25, -0.2) is 0 Å². The zero-order valence-electron chi connectivity index (χ0n) is 18.7. The molecule has 0 N–H and O–H groups in total. The number of fused-ring (bicyclic) bond motifs is 1. The minimum absolute atomic E-state index is 0.125. The lowest BCUT2D eigenvalue weighted by Gasteiger charge is -2.31. The van der Waals surface area contributed by atoms with Crippen LogP contribution in [-0.2, 0) is 20.8 Å². The van der Waals surface area contributed by atoms with E-state index >= 15 is 0 Å². The molecular weight excluding hydrogens is 414 g/mol. The monoisotopic (exact) mass is 439 g/mol. The number of hydrogen-bond donors (Lipinski definition) is 0. The molecule has 0 bridgehead atoms. The fourth-order valence-electron chi connectivity index (χ4n) is 3.60. The van der Waals surface area contributed by atoms with E-state index in [0.29, 0.717) is 35.7 Å². The predicted octanol–water partition coefficient (Wildman–Crippen LogP) is 3.46. The van der Waals surface area contributed by atoms with Gasteiger partial charge in [-0.2, -0.15) is 0 Å². The maximum absolute atomic E-state index is 12.4. The second-order valence-corrected chi connectivity index (χ2v) is 7.21. The Labute approximate surface area is 186 Å². The van der Waals surface area contributed by atoms with E-state index < -0.39 is 11.9 Å². The summed E-state index contributed by atoms with van der Waals surface area (Å²) in [6, 6.07) is 8.66. The summed E-state index contributed by atoms with van der Waals surface area (Å²) in [7, 11) is 2.99. The number of benzene rings is 2. The molecule has 8 nitrogen and oxygen atoms in total. The Morgan fingerprint density at radius 3 is 2.03 bits per heavy atom. The number of rotatable bonds is 5. The number of hydrogen-bond acceptors (Lipinski definition) is 7. The lowest BCUT2D eigenvalue weighted by Crippen LogP contribution is -2.33. The minimum Gasteiger partial charge on any atom is -0.493 e. The van der Waals surface area contributed by atoms with Crippen molar-refractivity contribution in [1.29, 1.82) is 0 Å². The lowest BCUT2D eigenvalue weighted by atomic mass is 9.94. The van der Waals surface area contributed by atoms with E-state index in [1.165, 1.54) is 35.0 Å². The van der Waals surface area contributed by atoms with Crippen LogP contribution in [0.1, 0.15) is 37.5 Å². The van der Waals surface area contributed by atoms with E-state index in [0.717, 1.165) is 11.1 Å². The minimum atomic E-state index is -0.478. The summed E-state index contributed by atoms with van der Waals surface area (Å²) < 4.78 is 21.2. The molecular formula is C24H25NO7. The van der Waals surface area contributed by atoms with Gasteiger partial charge in [0.05, 0.1) is 19.9 Å². The Morgan fingerprint density at radius 2 is 1.47 bits per heavy atom. The second kappa shape index (κ2) is 9.55. The highest BCUT2D eigenvalue weighted by Gasteiger charge is 2.26. The molecule has 0 saturated carbocycles. The largest absolute Gasteiger partial charge is 0.493 e. The van der Waals surface area contributed by atoms with Gasteiger partial charge >= 0.3 is 11.9 Å². The van der Waals surface area contributed by atoms with Gasteiger partial charge in [-0.05, 0) is 47.9 Å². The summed E-state index contributed by atoms with van der Waals surface area (Å²) in [5.74, 6) is 0.322. The molecule has 0 saturated heterocycles. The number of carbonyl (C=O) groups is 3. The topological polar surface area (TPSA) is 91.4 Å². The second-order valence-electron chi connectivity index (χ2n) is 7.21. The van der Waals surface area contributed by atoms with Crippen molar-refractivity contribution >= 4 is 29.6 Å². The van der Waals surface area contributed by atoms with Crippen LogP contribution in [0, 0.1) is 0 Å². The van der Waals surface area contributed by atoms with Crippen molar-refractivity contribution in [3.05, 3.63) is 47.0 Å². The van der Waals surface area contributed by atoms with Crippen molar-refractivity contribution in [3.8, 4) is 23.0 Å². The molecule has 0 radical (unpaired) electrons. The first-order valence-electron chi connectivity index (χ1n) is 9.99. The predicted molar refractivity (Wildman–Crippen MR) is 118 cm³/mol. The van der Waals surface area contributed by atoms with Gasteiger partial charge in [-0.15, -0.1) is 0 Å². The van der Waals surface area contributed by atoms with Crippen LogP contribution >= 0.6 is 0 Å². The maximum atomic E-state index is 12.4. The van der Waals surface area contributed by atoms with Crippen molar-refractivity contribution in [1.82, 2.24) is 4.90 Å². The Kier molecular flexibility index (Phi) is 6.82. The molecule has 2 aromatic rings. The highest BCUT2D eigenvalue weighted by Crippen LogP contribution is 2.39. The first-order chi connectivity index (χ1) is 15.2.